The van der Waals surface area contributed by atoms with Gasteiger partial charge in [-0.2, -0.15) is 0 Å². The predicted octanol–water partition coefficient (Wildman–Crippen LogP) is 3.62. The molecule has 0 atom stereocenters. The van der Waals surface area contributed by atoms with Crippen LogP contribution in [-0.2, 0) is 21.3 Å². The molecule has 1 heterocycles. The maximum Gasteiger partial charge on any atom is 0.310 e. The van der Waals surface area contributed by atoms with Crippen molar-refractivity contribution < 1.29 is 18.3 Å². The fraction of sp³-hybridized carbons (Fsp3) is 0.455. The number of hydrogen-bond acceptors (Lipinski definition) is 3. The first kappa shape index (κ1) is 15.7. The van der Waals surface area contributed by atoms with Crippen LogP contribution in [0.4, 0.5) is 8.78 Å². The molecular formula is C11H11BrF2INO2. The maximum atomic E-state index is 13.0. The van der Waals surface area contributed by atoms with Crippen molar-refractivity contribution >= 4 is 44.5 Å². The van der Waals surface area contributed by atoms with Crippen molar-refractivity contribution in [1.82, 2.24) is 4.98 Å². The fourth-order valence-electron chi connectivity index (χ4n) is 1.40. The smallest absolute Gasteiger partial charge is 0.310 e. The summed E-state index contributed by atoms with van der Waals surface area (Å²) in [7, 11) is 0. The van der Waals surface area contributed by atoms with Gasteiger partial charge in [-0.25, -0.2) is 8.78 Å². The molecule has 0 aliphatic heterocycles. The summed E-state index contributed by atoms with van der Waals surface area (Å²) in [6.45, 7) is 1.96. The minimum absolute atomic E-state index is 0.0403. The first-order chi connectivity index (χ1) is 8.51. The Balaban J connectivity index is 3.08. The molecule has 1 rings (SSSR count). The molecule has 18 heavy (non-hydrogen) atoms. The number of rotatable bonds is 5. The van der Waals surface area contributed by atoms with Crippen LogP contribution in [0.15, 0.2) is 6.20 Å². The third-order valence-corrected chi connectivity index (χ3v) is 4.00. The molecule has 7 heteroatoms. The number of nitrogens with zero attached hydrogens (tertiary/aromatic N) is 1. The molecule has 0 saturated carbocycles. The van der Waals surface area contributed by atoms with Gasteiger partial charge in [-0.15, -0.1) is 0 Å². The van der Waals surface area contributed by atoms with E-state index in [2.05, 4.69) is 20.9 Å². The Bertz CT molecular complexity index is 443. The van der Waals surface area contributed by atoms with E-state index in [1.807, 2.05) is 22.6 Å². The number of halogens is 4. The van der Waals surface area contributed by atoms with Crippen LogP contribution in [0.25, 0.3) is 0 Å². The molecule has 0 unspecified atom stereocenters. The van der Waals surface area contributed by atoms with Crippen LogP contribution in [0.5, 0.6) is 0 Å². The summed E-state index contributed by atoms with van der Waals surface area (Å²) in [6.07, 6.45) is -1.21. The van der Waals surface area contributed by atoms with E-state index in [1.165, 1.54) is 6.20 Å². The monoisotopic (exact) mass is 433 g/mol. The van der Waals surface area contributed by atoms with Crippen LogP contribution in [0.3, 0.4) is 0 Å². The molecule has 0 spiro atoms. The van der Waals surface area contributed by atoms with Crippen LogP contribution in [0.1, 0.15) is 30.2 Å². The average molecular weight is 434 g/mol. The van der Waals surface area contributed by atoms with Gasteiger partial charge in [0.15, 0.2) is 0 Å². The van der Waals surface area contributed by atoms with E-state index in [4.69, 9.17) is 4.74 Å². The topological polar surface area (TPSA) is 39.2 Å². The lowest BCUT2D eigenvalue weighted by atomic mass is 10.1. The Hall–Kier alpha value is -0.310. The van der Waals surface area contributed by atoms with Gasteiger partial charge in [-0.3, -0.25) is 9.78 Å². The highest BCUT2D eigenvalue weighted by Crippen LogP contribution is 2.30. The molecule has 0 radical (unpaired) electrons. The number of aromatic nitrogens is 1. The zero-order valence-electron chi connectivity index (χ0n) is 9.55. The normalized spacial score (nSPS) is 10.8. The van der Waals surface area contributed by atoms with Crippen molar-refractivity contribution in [3.8, 4) is 0 Å². The fourth-order valence-corrected chi connectivity index (χ4v) is 2.72. The van der Waals surface area contributed by atoms with Crippen LogP contribution >= 0.6 is 38.5 Å². The number of hydrogen-bond donors (Lipinski definition) is 0. The number of ether oxygens (including phenoxy) is 1. The minimum atomic E-state index is -2.61. The van der Waals surface area contributed by atoms with Gasteiger partial charge in [0.1, 0.15) is 0 Å². The van der Waals surface area contributed by atoms with Crippen molar-refractivity contribution in [3.63, 3.8) is 0 Å². The number of alkyl halides is 3. The lowest BCUT2D eigenvalue weighted by Gasteiger charge is -2.12. The second-order valence-electron chi connectivity index (χ2n) is 3.37. The Kier molecular flexibility index (Phi) is 6.40. The van der Waals surface area contributed by atoms with Crippen molar-refractivity contribution in [3.05, 3.63) is 26.6 Å². The summed E-state index contributed by atoms with van der Waals surface area (Å²) >= 11 is 4.94. The van der Waals surface area contributed by atoms with Crippen molar-refractivity contribution in [1.29, 1.82) is 0 Å². The molecule has 0 amide bonds. The molecule has 0 N–H and O–H groups in total. The average Bonchev–Trinajstić information content (AvgIpc) is 2.31. The van der Waals surface area contributed by atoms with Gasteiger partial charge in [0, 0.05) is 15.1 Å². The van der Waals surface area contributed by atoms with E-state index in [-0.39, 0.29) is 23.9 Å². The highest BCUT2D eigenvalue weighted by atomic mass is 127. The third kappa shape index (κ3) is 3.84. The summed E-state index contributed by atoms with van der Waals surface area (Å²) in [5.41, 5.74) is 0.644. The molecule has 0 fully saturated rings. The molecular weight excluding hydrogens is 423 g/mol. The van der Waals surface area contributed by atoms with Gasteiger partial charge in [0.05, 0.1) is 24.3 Å². The lowest BCUT2D eigenvalue weighted by molar-refractivity contribution is -0.142. The Morgan fingerprint density at radius 2 is 2.28 bits per heavy atom. The number of pyridine rings is 1. The third-order valence-electron chi connectivity index (χ3n) is 2.19. The summed E-state index contributed by atoms with van der Waals surface area (Å²) in [5, 5.41) is 0.252. The SMILES string of the molecule is CCOC(=O)Cc1cnc(CBr)c(C(F)F)c1I. The second kappa shape index (κ2) is 7.32. The number of esters is 1. The largest absolute Gasteiger partial charge is 0.466 e. The summed E-state index contributed by atoms with van der Waals surface area (Å²) in [4.78, 5) is 15.3. The number of carbonyl (C=O) groups is 1. The van der Waals surface area contributed by atoms with Gasteiger partial charge in [-0.05, 0) is 35.1 Å². The van der Waals surface area contributed by atoms with E-state index in [0.29, 0.717) is 14.8 Å². The van der Waals surface area contributed by atoms with Gasteiger partial charge >= 0.3 is 5.97 Å². The Morgan fingerprint density at radius 3 is 2.78 bits per heavy atom. The van der Waals surface area contributed by atoms with Crippen LogP contribution in [-0.4, -0.2) is 17.6 Å². The van der Waals surface area contributed by atoms with Gasteiger partial charge in [0.2, 0.25) is 0 Å². The molecule has 3 nitrogen and oxygen atoms in total. The van der Waals surface area contributed by atoms with E-state index < -0.39 is 12.4 Å². The summed E-state index contributed by atoms with van der Waals surface area (Å²) in [6, 6.07) is 0. The molecule has 0 saturated heterocycles. The van der Waals surface area contributed by atoms with E-state index in [0.717, 1.165) is 0 Å². The number of carbonyl (C=O) groups excluding carboxylic acids is 1. The van der Waals surface area contributed by atoms with E-state index in [9.17, 15) is 13.6 Å². The van der Waals surface area contributed by atoms with Gasteiger partial charge in [-0.1, -0.05) is 15.9 Å². The predicted molar refractivity (Wildman–Crippen MR) is 74.9 cm³/mol. The standard InChI is InChI=1S/C11H11BrF2INO2/c1-2-18-8(17)3-6-5-16-7(4-12)9(10(6)15)11(13)14/h5,11H,2-4H2,1H3. The lowest BCUT2D eigenvalue weighted by Crippen LogP contribution is -2.11. The highest BCUT2D eigenvalue weighted by Gasteiger charge is 2.21. The second-order valence-corrected chi connectivity index (χ2v) is 5.01. The Labute approximate surface area is 126 Å². The molecule has 100 valence electrons. The van der Waals surface area contributed by atoms with Crippen LogP contribution < -0.4 is 0 Å². The molecule has 1 aromatic rings. The zero-order chi connectivity index (χ0) is 13.7. The highest BCUT2D eigenvalue weighted by molar-refractivity contribution is 14.1. The maximum absolute atomic E-state index is 13.0. The van der Waals surface area contributed by atoms with Gasteiger partial charge in [0.25, 0.3) is 6.43 Å². The molecule has 0 aliphatic rings. The van der Waals surface area contributed by atoms with Crippen molar-refractivity contribution in [2.75, 3.05) is 6.61 Å². The van der Waals surface area contributed by atoms with Crippen molar-refractivity contribution in [2.24, 2.45) is 0 Å². The van der Waals surface area contributed by atoms with E-state index in [1.54, 1.807) is 6.92 Å². The van der Waals surface area contributed by atoms with E-state index >= 15 is 0 Å². The van der Waals surface area contributed by atoms with Crippen LogP contribution in [0, 0.1) is 3.57 Å². The summed E-state index contributed by atoms with van der Waals surface area (Å²) in [5.74, 6) is -0.441. The Morgan fingerprint density at radius 1 is 1.61 bits per heavy atom. The molecule has 1 aromatic heterocycles. The van der Waals surface area contributed by atoms with Crippen LogP contribution in [0.2, 0.25) is 0 Å². The molecule has 0 aromatic carbocycles. The van der Waals surface area contributed by atoms with Gasteiger partial charge < -0.3 is 4.74 Å². The van der Waals surface area contributed by atoms with Crippen molar-refractivity contribution in [2.45, 2.75) is 25.1 Å². The zero-order valence-corrected chi connectivity index (χ0v) is 13.3. The molecule has 0 aliphatic carbocycles. The first-order valence-electron chi connectivity index (χ1n) is 5.17. The first-order valence-corrected chi connectivity index (χ1v) is 7.37. The summed E-state index contributed by atoms with van der Waals surface area (Å²) < 4.78 is 31.1. The minimum Gasteiger partial charge on any atom is -0.466 e. The quantitative estimate of drug-likeness (QED) is 0.404. The molecule has 0 bridgehead atoms.